The summed E-state index contributed by atoms with van der Waals surface area (Å²) >= 11 is 0. The van der Waals surface area contributed by atoms with Gasteiger partial charge in [-0.2, -0.15) is 0 Å². The third kappa shape index (κ3) is 3.30. The second kappa shape index (κ2) is 6.75. The van der Waals surface area contributed by atoms with Gasteiger partial charge in [0.15, 0.2) is 5.75 Å². The quantitative estimate of drug-likeness (QED) is 0.552. The number of carbonyl (C=O) groups is 1. The zero-order valence-corrected chi connectivity index (χ0v) is 13.7. The fourth-order valence-corrected chi connectivity index (χ4v) is 2.56. The van der Waals surface area contributed by atoms with Crippen molar-refractivity contribution in [3.05, 3.63) is 75.2 Å². The number of aryl methyl sites for hydroxylation is 1. The highest BCUT2D eigenvalue weighted by Crippen LogP contribution is 2.34. The van der Waals surface area contributed by atoms with E-state index in [4.69, 9.17) is 0 Å². The molecule has 26 heavy (non-hydrogen) atoms. The molecule has 7 nitrogen and oxygen atoms in total. The predicted octanol–water partition coefficient (Wildman–Crippen LogP) is 3.23. The van der Waals surface area contributed by atoms with Crippen molar-refractivity contribution in [3.63, 3.8) is 0 Å². The molecular formula is C18H14FN3O4. The van der Waals surface area contributed by atoms with Crippen LogP contribution in [-0.2, 0) is 6.54 Å². The Hall–Kier alpha value is -3.55. The van der Waals surface area contributed by atoms with E-state index in [1.807, 2.05) is 0 Å². The number of halogens is 1. The van der Waals surface area contributed by atoms with Crippen molar-refractivity contribution in [1.82, 2.24) is 10.3 Å². The monoisotopic (exact) mass is 355 g/mol. The average Bonchev–Trinajstić information content (AvgIpc) is 2.61. The second-order valence-electron chi connectivity index (χ2n) is 5.71. The highest BCUT2D eigenvalue weighted by Gasteiger charge is 2.23. The number of carbonyl (C=O) groups excluding carboxylic acids is 1. The molecule has 0 saturated carbocycles. The van der Waals surface area contributed by atoms with Crippen molar-refractivity contribution < 1.29 is 19.2 Å². The average molecular weight is 355 g/mol. The molecule has 0 aliphatic carbocycles. The summed E-state index contributed by atoms with van der Waals surface area (Å²) in [6.07, 6.45) is 0. The number of benzene rings is 2. The minimum atomic E-state index is -0.694. The van der Waals surface area contributed by atoms with Gasteiger partial charge in [-0.3, -0.25) is 14.9 Å². The first kappa shape index (κ1) is 17.3. The van der Waals surface area contributed by atoms with Crippen molar-refractivity contribution in [3.8, 4) is 5.75 Å². The van der Waals surface area contributed by atoms with Gasteiger partial charge in [0.2, 0.25) is 0 Å². The van der Waals surface area contributed by atoms with Gasteiger partial charge in [-0.25, -0.2) is 9.37 Å². The highest BCUT2D eigenvalue weighted by atomic mass is 19.1. The number of fused-ring (bicyclic) bond motifs is 1. The lowest BCUT2D eigenvalue weighted by Crippen LogP contribution is -2.23. The summed E-state index contributed by atoms with van der Waals surface area (Å²) in [5, 5.41) is 24.4. The molecule has 0 bridgehead atoms. The van der Waals surface area contributed by atoms with Crippen LogP contribution in [0.15, 0.2) is 42.5 Å². The molecule has 3 rings (SSSR count). The molecule has 1 amide bonds. The molecule has 0 fully saturated rings. The SMILES string of the molecule is Cc1ccc2c([N+](=O)[O-])cc(C(=O)NCc3ccc(F)cc3)c(O)c2n1. The summed E-state index contributed by atoms with van der Waals surface area (Å²) in [5.41, 5.74) is 0.613. The maximum atomic E-state index is 12.9. The van der Waals surface area contributed by atoms with Crippen LogP contribution in [0.5, 0.6) is 5.75 Å². The van der Waals surface area contributed by atoms with Gasteiger partial charge in [0.1, 0.15) is 11.3 Å². The van der Waals surface area contributed by atoms with Gasteiger partial charge < -0.3 is 10.4 Å². The van der Waals surface area contributed by atoms with Gasteiger partial charge in [-0.15, -0.1) is 0 Å². The Kier molecular flexibility index (Phi) is 4.49. The molecule has 0 aliphatic heterocycles. The van der Waals surface area contributed by atoms with Crippen LogP contribution in [0.4, 0.5) is 10.1 Å². The smallest absolute Gasteiger partial charge is 0.279 e. The number of nitro groups is 1. The van der Waals surface area contributed by atoms with Gasteiger partial charge in [-0.1, -0.05) is 12.1 Å². The predicted molar refractivity (Wildman–Crippen MR) is 92.4 cm³/mol. The summed E-state index contributed by atoms with van der Waals surface area (Å²) in [6, 6.07) is 9.61. The van der Waals surface area contributed by atoms with Crippen LogP contribution in [0, 0.1) is 22.9 Å². The van der Waals surface area contributed by atoms with E-state index < -0.39 is 22.4 Å². The first-order chi connectivity index (χ1) is 12.4. The number of rotatable bonds is 4. The number of aromatic nitrogens is 1. The van der Waals surface area contributed by atoms with E-state index >= 15 is 0 Å². The highest BCUT2D eigenvalue weighted by molar-refractivity contribution is 6.05. The number of phenolic OH excluding ortho intramolecular Hbond substituents is 1. The molecular weight excluding hydrogens is 341 g/mol. The fourth-order valence-electron chi connectivity index (χ4n) is 2.56. The Bertz CT molecular complexity index is 1020. The number of amides is 1. The second-order valence-corrected chi connectivity index (χ2v) is 5.71. The van der Waals surface area contributed by atoms with Crippen LogP contribution >= 0.6 is 0 Å². The summed E-state index contributed by atoms with van der Waals surface area (Å²) in [6.45, 7) is 1.75. The van der Waals surface area contributed by atoms with Crippen LogP contribution in [0.2, 0.25) is 0 Å². The molecule has 2 N–H and O–H groups in total. The molecule has 8 heteroatoms. The molecule has 0 aliphatic rings. The van der Waals surface area contributed by atoms with Crippen LogP contribution in [0.25, 0.3) is 10.9 Å². The van der Waals surface area contributed by atoms with E-state index in [0.29, 0.717) is 11.3 Å². The summed E-state index contributed by atoms with van der Waals surface area (Å²) in [4.78, 5) is 27.2. The fraction of sp³-hybridized carbons (Fsp3) is 0.111. The molecule has 0 radical (unpaired) electrons. The van der Waals surface area contributed by atoms with Crippen LogP contribution < -0.4 is 5.32 Å². The molecule has 0 unspecified atom stereocenters. The van der Waals surface area contributed by atoms with E-state index in [1.165, 1.54) is 30.3 Å². The first-order valence-corrected chi connectivity index (χ1v) is 7.67. The van der Waals surface area contributed by atoms with Gasteiger partial charge in [0, 0.05) is 18.3 Å². The number of nitrogens with one attached hydrogen (secondary N) is 1. The lowest BCUT2D eigenvalue weighted by molar-refractivity contribution is -0.383. The normalized spacial score (nSPS) is 10.7. The Labute approximate surface area is 147 Å². The zero-order chi connectivity index (χ0) is 18.8. The standard InChI is InChI=1S/C18H14FN3O4/c1-10-2-7-13-15(22(25)26)8-14(17(23)16(13)21-10)18(24)20-9-11-3-5-12(19)6-4-11/h2-8,23H,9H2,1H3,(H,20,24). The zero-order valence-electron chi connectivity index (χ0n) is 13.7. The maximum Gasteiger partial charge on any atom is 0.279 e. The minimum Gasteiger partial charge on any atom is -0.505 e. The molecule has 2 aromatic carbocycles. The van der Waals surface area contributed by atoms with E-state index in [1.54, 1.807) is 13.0 Å². The minimum absolute atomic E-state index is 0.00821. The Morgan fingerprint density at radius 1 is 1.27 bits per heavy atom. The lowest BCUT2D eigenvalue weighted by atomic mass is 10.1. The number of phenols is 1. The van der Waals surface area contributed by atoms with Crippen molar-refractivity contribution >= 4 is 22.5 Å². The number of nitrogens with zero attached hydrogens (tertiary/aromatic N) is 2. The third-order valence-electron chi connectivity index (χ3n) is 3.88. The lowest BCUT2D eigenvalue weighted by Gasteiger charge is -2.10. The van der Waals surface area contributed by atoms with Gasteiger partial charge in [-0.05, 0) is 36.8 Å². The molecule has 0 spiro atoms. The topological polar surface area (TPSA) is 105 Å². The summed E-state index contributed by atoms with van der Waals surface area (Å²) in [7, 11) is 0. The summed E-state index contributed by atoms with van der Waals surface area (Å²) in [5.74, 6) is -1.52. The number of pyridine rings is 1. The number of hydrogen-bond donors (Lipinski definition) is 2. The molecule has 1 heterocycles. The number of nitro benzene ring substituents is 1. The van der Waals surface area contributed by atoms with Gasteiger partial charge in [0.25, 0.3) is 11.6 Å². The Balaban J connectivity index is 1.98. The first-order valence-electron chi connectivity index (χ1n) is 7.67. The van der Waals surface area contributed by atoms with Crippen LogP contribution in [-0.4, -0.2) is 20.9 Å². The summed E-state index contributed by atoms with van der Waals surface area (Å²) < 4.78 is 12.9. The molecule has 132 valence electrons. The van der Waals surface area contributed by atoms with E-state index in [-0.39, 0.29) is 28.7 Å². The third-order valence-corrected chi connectivity index (χ3v) is 3.88. The van der Waals surface area contributed by atoms with E-state index in [0.717, 1.165) is 6.07 Å². The van der Waals surface area contributed by atoms with Crippen molar-refractivity contribution in [2.75, 3.05) is 0 Å². The molecule has 0 saturated heterocycles. The number of aromatic hydroxyl groups is 1. The largest absolute Gasteiger partial charge is 0.505 e. The van der Waals surface area contributed by atoms with E-state index in [9.17, 15) is 24.4 Å². The van der Waals surface area contributed by atoms with Crippen molar-refractivity contribution in [1.29, 1.82) is 0 Å². The Morgan fingerprint density at radius 3 is 2.62 bits per heavy atom. The molecule has 3 aromatic rings. The van der Waals surface area contributed by atoms with Gasteiger partial charge >= 0.3 is 0 Å². The number of non-ortho nitro benzene ring substituents is 1. The Morgan fingerprint density at radius 2 is 1.96 bits per heavy atom. The number of hydrogen-bond acceptors (Lipinski definition) is 5. The van der Waals surface area contributed by atoms with Crippen LogP contribution in [0.3, 0.4) is 0 Å². The van der Waals surface area contributed by atoms with Crippen LogP contribution in [0.1, 0.15) is 21.6 Å². The molecule has 1 aromatic heterocycles. The maximum absolute atomic E-state index is 12.9. The van der Waals surface area contributed by atoms with Crippen molar-refractivity contribution in [2.24, 2.45) is 0 Å². The van der Waals surface area contributed by atoms with E-state index in [2.05, 4.69) is 10.3 Å². The van der Waals surface area contributed by atoms with Crippen molar-refractivity contribution in [2.45, 2.75) is 13.5 Å². The van der Waals surface area contributed by atoms with Gasteiger partial charge in [0.05, 0.1) is 15.9 Å². The molecule has 0 atom stereocenters.